The van der Waals surface area contributed by atoms with Crippen LogP contribution in [0, 0.1) is 5.92 Å². The van der Waals surface area contributed by atoms with Gasteiger partial charge in [0, 0.05) is 38.8 Å². The zero-order valence-corrected chi connectivity index (χ0v) is 11.9. The fourth-order valence-electron chi connectivity index (χ4n) is 3.17. The molecular weight excluding hydrogens is 228 g/mol. The van der Waals surface area contributed by atoms with Crippen LogP contribution in [0.2, 0.25) is 0 Å². The van der Waals surface area contributed by atoms with Crippen molar-refractivity contribution in [2.75, 3.05) is 39.4 Å². The van der Waals surface area contributed by atoms with E-state index in [4.69, 9.17) is 9.47 Å². The zero-order chi connectivity index (χ0) is 12.8. The van der Waals surface area contributed by atoms with Crippen molar-refractivity contribution in [3.8, 4) is 0 Å². The Morgan fingerprint density at radius 1 is 1.17 bits per heavy atom. The predicted octanol–water partition coefficient (Wildman–Crippen LogP) is 1.46. The lowest BCUT2D eigenvalue weighted by Crippen LogP contribution is -2.56. The second-order valence-electron chi connectivity index (χ2n) is 5.33. The van der Waals surface area contributed by atoms with Crippen LogP contribution < -0.4 is 5.32 Å². The molecule has 3 aliphatic rings. The summed E-state index contributed by atoms with van der Waals surface area (Å²) in [6.07, 6.45) is 3.66. The van der Waals surface area contributed by atoms with Crippen molar-refractivity contribution in [1.82, 2.24) is 10.2 Å². The first kappa shape index (κ1) is 14.3. The molecular formula is C14H28N2O2. The van der Waals surface area contributed by atoms with Crippen LogP contribution in [0.15, 0.2) is 0 Å². The average Bonchev–Trinajstić information content (AvgIpc) is 2.41. The van der Waals surface area contributed by atoms with Crippen molar-refractivity contribution in [3.63, 3.8) is 0 Å². The van der Waals surface area contributed by atoms with E-state index in [-0.39, 0.29) is 6.29 Å². The van der Waals surface area contributed by atoms with Gasteiger partial charge >= 0.3 is 0 Å². The van der Waals surface area contributed by atoms with E-state index in [0.29, 0.717) is 6.04 Å². The monoisotopic (exact) mass is 256 g/mol. The van der Waals surface area contributed by atoms with Gasteiger partial charge in [0.2, 0.25) is 0 Å². The molecule has 3 saturated heterocycles. The summed E-state index contributed by atoms with van der Waals surface area (Å²) in [6, 6.07) is 0.691. The minimum atomic E-state index is -0.0337. The van der Waals surface area contributed by atoms with E-state index >= 15 is 0 Å². The molecule has 4 heteroatoms. The zero-order valence-electron chi connectivity index (χ0n) is 11.9. The fraction of sp³-hybridized carbons (Fsp3) is 1.00. The van der Waals surface area contributed by atoms with Gasteiger partial charge in [-0.1, -0.05) is 0 Å². The number of rotatable bonds is 8. The summed E-state index contributed by atoms with van der Waals surface area (Å²) in [6.45, 7) is 10.3. The topological polar surface area (TPSA) is 33.7 Å². The molecule has 0 aliphatic carbocycles. The van der Waals surface area contributed by atoms with Crippen LogP contribution in [0.5, 0.6) is 0 Å². The molecule has 0 aromatic rings. The molecule has 106 valence electrons. The van der Waals surface area contributed by atoms with Crippen molar-refractivity contribution < 1.29 is 9.47 Å². The molecule has 18 heavy (non-hydrogen) atoms. The van der Waals surface area contributed by atoms with E-state index in [1.807, 2.05) is 13.8 Å². The lowest BCUT2D eigenvalue weighted by molar-refractivity contribution is -0.139. The maximum absolute atomic E-state index is 5.56. The van der Waals surface area contributed by atoms with Crippen LogP contribution >= 0.6 is 0 Å². The van der Waals surface area contributed by atoms with Gasteiger partial charge in [0.25, 0.3) is 0 Å². The van der Waals surface area contributed by atoms with Crippen molar-refractivity contribution in [1.29, 1.82) is 0 Å². The SMILES string of the molecule is CCOC(CCNC1CN2CCC1CC2)OCC. The molecule has 1 unspecified atom stereocenters. The molecule has 0 saturated carbocycles. The quantitative estimate of drug-likeness (QED) is 0.667. The van der Waals surface area contributed by atoms with Gasteiger partial charge in [0.15, 0.2) is 6.29 Å². The van der Waals surface area contributed by atoms with Gasteiger partial charge in [0.05, 0.1) is 0 Å². The second kappa shape index (κ2) is 7.43. The first-order chi connectivity index (χ1) is 8.83. The number of hydrogen-bond acceptors (Lipinski definition) is 4. The Bertz CT molecular complexity index is 224. The molecule has 3 fully saturated rings. The highest BCUT2D eigenvalue weighted by molar-refractivity contribution is 4.90. The first-order valence-electron chi connectivity index (χ1n) is 7.52. The van der Waals surface area contributed by atoms with Gasteiger partial charge in [-0.25, -0.2) is 0 Å². The van der Waals surface area contributed by atoms with E-state index in [1.165, 1.54) is 32.5 Å². The lowest BCUT2D eigenvalue weighted by Gasteiger charge is -2.45. The van der Waals surface area contributed by atoms with Crippen molar-refractivity contribution >= 4 is 0 Å². The average molecular weight is 256 g/mol. The van der Waals surface area contributed by atoms with Crippen LogP contribution in [0.1, 0.15) is 33.1 Å². The van der Waals surface area contributed by atoms with E-state index in [0.717, 1.165) is 32.1 Å². The summed E-state index contributed by atoms with van der Waals surface area (Å²) in [7, 11) is 0. The van der Waals surface area contributed by atoms with Gasteiger partial charge in [0.1, 0.15) is 0 Å². The maximum Gasteiger partial charge on any atom is 0.158 e. The van der Waals surface area contributed by atoms with Crippen LogP contribution in [0.25, 0.3) is 0 Å². The van der Waals surface area contributed by atoms with Crippen molar-refractivity contribution in [2.45, 2.75) is 45.4 Å². The summed E-state index contributed by atoms with van der Waals surface area (Å²) in [5, 5.41) is 3.70. The van der Waals surface area contributed by atoms with E-state index in [1.54, 1.807) is 0 Å². The molecule has 4 nitrogen and oxygen atoms in total. The van der Waals surface area contributed by atoms with Gasteiger partial charge in [-0.15, -0.1) is 0 Å². The third-order valence-electron chi connectivity index (χ3n) is 4.15. The van der Waals surface area contributed by atoms with Gasteiger partial charge < -0.3 is 19.7 Å². The number of nitrogens with one attached hydrogen (secondary N) is 1. The number of hydrogen-bond donors (Lipinski definition) is 1. The third-order valence-corrected chi connectivity index (χ3v) is 4.15. The number of ether oxygens (including phenoxy) is 2. The predicted molar refractivity (Wildman–Crippen MR) is 72.6 cm³/mol. The lowest BCUT2D eigenvalue weighted by atomic mass is 9.84. The minimum Gasteiger partial charge on any atom is -0.353 e. The normalized spacial score (nSPS) is 31.2. The third kappa shape index (κ3) is 3.92. The molecule has 3 rings (SSSR count). The number of nitrogens with zero attached hydrogens (tertiary/aromatic N) is 1. The highest BCUT2D eigenvalue weighted by Gasteiger charge is 2.33. The van der Waals surface area contributed by atoms with E-state index in [2.05, 4.69) is 10.2 Å². The number of fused-ring (bicyclic) bond motifs is 3. The first-order valence-corrected chi connectivity index (χ1v) is 7.52. The molecule has 0 aromatic carbocycles. The Hall–Kier alpha value is -0.160. The van der Waals surface area contributed by atoms with E-state index < -0.39 is 0 Å². The summed E-state index contributed by atoms with van der Waals surface area (Å²) in [4.78, 5) is 2.58. The molecule has 0 amide bonds. The molecule has 1 atom stereocenters. The Kier molecular flexibility index (Phi) is 5.89. The molecule has 0 radical (unpaired) electrons. The van der Waals surface area contributed by atoms with Crippen LogP contribution in [0.3, 0.4) is 0 Å². The summed E-state index contributed by atoms with van der Waals surface area (Å²) in [5.74, 6) is 0.896. The molecule has 0 spiro atoms. The highest BCUT2D eigenvalue weighted by atomic mass is 16.7. The highest BCUT2D eigenvalue weighted by Crippen LogP contribution is 2.27. The van der Waals surface area contributed by atoms with Crippen molar-refractivity contribution in [3.05, 3.63) is 0 Å². The van der Waals surface area contributed by atoms with Gasteiger partial charge in [-0.05, 0) is 45.7 Å². The molecule has 2 bridgehead atoms. The summed E-state index contributed by atoms with van der Waals surface area (Å²) < 4.78 is 11.1. The van der Waals surface area contributed by atoms with Crippen molar-refractivity contribution in [2.24, 2.45) is 5.92 Å². The summed E-state index contributed by atoms with van der Waals surface area (Å²) in [5.41, 5.74) is 0. The maximum atomic E-state index is 5.56. The molecule has 3 aliphatic heterocycles. The van der Waals surface area contributed by atoms with Crippen LogP contribution in [-0.2, 0) is 9.47 Å². The smallest absolute Gasteiger partial charge is 0.158 e. The fourth-order valence-corrected chi connectivity index (χ4v) is 3.17. The Morgan fingerprint density at radius 3 is 2.33 bits per heavy atom. The molecule has 3 heterocycles. The Morgan fingerprint density at radius 2 is 1.83 bits per heavy atom. The summed E-state index contributed by atoms with van der Waals surface area (Å²) >= 11 is 0. The second-order valence-corrected chi connectivity index (χ2v) is 5.33. The largest absolute Gasteiger partial charge is 0.353 e. The molecule has 0 aromatic heterocycles. The minimum absolute atomic E-state index is 0.0337. The van der Waals surface area contributed by atoms with Gasteiger partial charge in [-0.3, -0.25) is 0 Å². The molecule has 1 N–H and O–H groups in total. The standard InChI is InChI=1S/C14H28N2O2/c1-3-17-14(18-4-2)5-8-15-13-11-16-9-6-12(13)7-10-16/h12-15H,3-11H2,1-2H3. The number of piperidine rings is 3. The Balaban J connectivity index is 1.65. The van der Waals surface area contributed by atoms with Crippen LogP contribution in [0.4, 0.5) is 0 Å². The Labute approximate surface area is 111 Å². The van der Waals surface area contributed by atoms with Crippen LogP contribution in [-0.4, -0.2) is 56.6 Å². The van der Waals surface area contributed by atoms with Gasteiger partial charge in [-0.2, -0.15) is 0 Å². The van der Waals surface area contributed by atoms with E-state index in [9.17, 15) is 0 Å².